The van der Waals surface area contributed by atoms with Gasteiger partial charge in [-0.2, -0.15) is 0 Å². The number of ether oxygens (including phenoxy) is 1. The number of nitrogens with two attached hydrogens (primary N) is 1. The minimum atomic E-state index is 0. The van der Waals surface area contributed by atoms with Crippen LogP contribution in [0.15, 0.2) is 29.3 Å². The lowest BCUT2D eigenvalue weighted by Crippen LogP contribution is -2.37. The summed E-state index contributed by atoms with van der Waals surface area (Å²) in [6, 6.07) is 8.36. The highest BCUT2D eigenvalue weighted by Gasteiger charge is 2.13. The Bertz CT molecular complexity index is 419. The molecule has 0 saturated carbocycles. The Morgan fingerprint density at radius 1 is 1.37 bits per heavy atom. The van der Waals surface area contributed by atoms with E-state index in [0.29, 0.717) is 12.5 Å². The van der Waals surface area contributed by atoms with Crippen molar-refractivity contribution in [3.05, 3.63) is 29.8 Å². The average molecular weight is 376 g/mol. The lowest BCUT2D eigenvalue weighted by Gasteiger charge is -2.30. The molecule has 1 heterocycles. The summed E-state index contributed by atoms with van der Waals surface area (Å²) >= 11 is 0. The van der Waals surface area contributed by atoms with Crippen LogP contribution in [-0.4, -0.2) is 39.3 Å². The van der Waals surface area contributed by atoms with E-state index in [4.69, 9.17) is 10.5 Å². The van der Waals surface area contributed by atoms with Gasteiger partial charge in [0.2, 0.25) is 0 Å². The zero-order valence-electron chi connectivity index (χ0n) is 11.1. The molecule has 0 aliphatic carbocycles. The first-order chi connectivity index (χ1) is 8.81. The molecule has 1 saturated heterocycles. The molecule has 0 aromatic heterocycles. The number of halogens is 1. The molecule has 1 aliphatic rings. The first-order valence-corrected chi connectivity index (χ1v) is 6.18. The van der Waals surface area contributed by atoms with E-state index in [9.17, 15) is 0 Å². The van der Waals surface area contributed by atoms with E-state index in [1.807, 2.05) is 6.07 Å². The zero-order valence-corrected chi connectivity index (χ0v) is 13.5. The fourth-order valence-corrected chi connectivity index (χ4v) is 2.04. The van der Waals surface area contributed by atoms with E-state index in [2.05, 4.69) is 33.4 Å². The van der Waals surface area contributed by atoms with Gasteiger partial charge in [0.1, 0.15) is 0 Å². The van der Waals surface area contributed by atoms with Gasteiger partial charge in [0, 0.05) is 32.4 Å². The highest BCUT2D eigenvalue weighted by molar-refractivity contribution is 14.0. The monoisotopic (exact) mass is 376 g/mol. The van der Waals surface area contributed by atoms with Crippen LogP contribution in [0.4, 0.5) is 5.69 Å². The van der Waals surface area contributed by atoms with Crippen LogP contribution in [0.25, 0.3) is 0 Å². The van der Waals surface area contributed by atoms with Gasteiger partial charge in [0.05, 0.1) is 13.2 Å². The molecule has 0 unspecified atom stereocenters. The van der Waals surface area contributed by atoms with E-state index in [-0.39, 0.29) is 24.0 Å². The van der Waals surface area contributed by atoms with E-state index >= 15 is 0 Å². The number of benzene rings is 1. The van der Waals surface area contributed by atoms with Crippen LogP contribution < -0.4 is 16.0 Å². The maximum Gasteiger partial charge on any atom is 0.188 e. The maximum atomic E-state index is 5.65. The van der Waals surface area contributed by atoms with Crippen LogP contribution >= 0.6 is 24.0 Å². The number of morpholine rings is 1. The number of rotatable bonds is 3. The van der Waals surface area contributed by atoms with Gasteiger partial charge in [-0.25, -0.2) is 0 Å². The summed E-state index contributed by atoms with van der Waals surface area (Å²) in [6.45, 7) is 4.15. The number of guanidine groups is 1. The highest BCUT2D eigenvalue weighted by atomic mass is 127. The van der Waals surface area contributed by atoms with Crippen molar-refractivity contribution >= 4 is 35.6 Å². The second kappa shape index (κ2) is 8.21. The first kappa shape index (κ1) is 16.0. The summed E-state index contributed by atoms with van der Waals surface area (Å²) < 4.78 is 5.38. The zero-order chi connectivity index (χ0) is 12.8. The van der Waals surface area contributed by atoms with Crippen molar-refractivity contribution in [1.82, 2.24) is 5.32 Å². The van der Waals surface area contributed by atoms with Crippen molar-refractivity contribution in [3.8, 4) is 0 Å². The Labute approximate surface area is 131 Å². The Morgan fingerprint density at radius 2 is 2.05 bits per heavy atom. The van der Waals surface area contributed by atoms with Crippen LogP contribution in [-0.2, 0) is 11.3 Å². The predicted octanol–water partition coefficient (Wildman–Crippen LogP) is 1.18. The molecular formula is C13H21IN4O. The summed E-state index contributed by atoms with van der Waals surface area (Å²) in [6.07, 6.45) is 0. The molecule has 0 spiro atoms. The lowest BCUT2D eigenvalue weighted by molar-refractivity contribution is 0.122. The average Bonchev–Trinajstić information content (AvgIpc) is 2.46. The van der Waals surface area contributed by atoms with Gasteiger partial charge in [0.25, 0.3) is 0 Å². The largest absolute Gasteiger partial charge is 0.378 e. The van der Waals surface area contributed by atoms with Crippen molar-refractivity contribution < 1.29 is 4.74 Å². The molecule has 0 atom stereocenters. The maximum absolute atomic E-state index is 5.65. The van der Waals surface area contributed by atoms with Gasteiger partial charge in [-0.15, -0.1) is 24.0 Å². The molecule has 1 fully saturated rings. The summed E-state index contributed by atoms with van der Waals surface area (Å²) in [5, 5.41) is 3.10. The number of aliphatic imine (C=N–C) groups is 1. The first-order valence-electron chi connectivity index (χ1n) is 6.18. The SMILES string of the molecule is CN=C(N)NCc1ccccc1N1CCOCC1.I. The Hall–Kier alpha value is -1.02. The number of nitrogens with zero attached hydrogens (tertiary/aromatic N) is 2. The van der Waals surface area contributed by atoms with E-state index in [0.717, 1.165) is 26.3 Å². The molecule has 6 heteroatoms. The molecule has 5 nitrogen and oxygen atoms in total. The van der Waals surface area contributed by atoms with Gasteiger partial charge < -0.3 is 20.7 Å². The minimum absolute atomic E-state index is 0. The van der Waals surface area contributed by atoms with Gasteiger partial charge in [-0.05, 0) is 11.6 Å². The van der Waals surface area contributed by atoms with E-state index < -0.39 is 0 Å². The van der Waals surface area contributed by atoms with E-state index in [1.54, 1.807) is 7.05 Å². The number of hydrogen-bond acceptors (Lipinski definition) is 3. The Morgan fingerprint density at radius 3 is 2.74 bits per heavy atom. The molecule has 0 amide bonds. The van der Waals surface area contributed by atoms with Gasteiger partial charge in [0.15, 0.2) is 5.96 Å². The van der Waals surface area contributed by atoms with Gasteiger partial charge in [-0.1, -0.05) is 18.2 Å². The Kier molecular flexibility index (Phi) is 6.93. The highest BCUT2D eigenvalue weighted by Crippen LogP contribution is 2.21. The third-order valence-electron chi connectivity index (χ3n) is 3.04. The quantitative estimate of drug-likeness (QED) is 0.473. The molecule has 19 heavy (non-hydrogen) atoms. The van der Waals surface area contributed by atoms with Crippen molar-refractivity contribution in [1.29, 1.82) is 0 Å². The van der Waals surface area contributed by atoms with Crippen molar-refractivity contribution in [2.75, 3.05) is 38.3 Å². The van der Waals surface area contributed by atoms with Gasteiger partial charge >= 0.3 is 0 Å². The molecule has 106 valence electrons. The molecule has 1 aromatic carbocycles. The predicted molar refractivity (Wildman–Crippen MR) is 89.3 cm³/mol. The van der Waals surface area contributed by atoms with Crippen LogP contribution in [0.2, 0.25) is 0 Å². The molecule has 1 aliphatic heterocycles. The normalized spacial score (nSPS) is 15.8. The topological polar surface area (TPSA) is 62.9 Å². The van der Waals surface area contributed by atoms with E-state index in [1.165, 1.54) is 11.3 Å². The van der Waals surface area contributed by atoms with Crippen LogP contribution in [0.3, 0.4) is 0 Å². The van der Waals surface area contributed by atoms with Crippen LogP contribution in [0.5, 0.6) is 0 Å². The molecule has 0 radical (unpaired) electrons. The standard InChI is InChI=1S/C13H20N4O.HI/c1-15-13(14)16-10-11-4-2-3-5-12(11)17-6-8-18-9-7-17;/h2-5H,6-10H2,1H3,(H3,14,15,16);1H. The second-order valence-electron chi connectivity index (χ2n) is 4.19. The number of hydrogen-bond donors (Lipinski definition) is 2. The number of nitrogens with one attached hydrogen (secondary N) is 1. The smallest absolute Gasteiger partial charge is 0.188 e. The fourth-order valence-electron chi connectivity index (χ4n) is 2.04. The number of anilines is 1. The summed E-state index contributed by atoms with van der Waals surface area (Å²) in [5.41, 5.74) is 8.13. The number of para-hydroxylation sites is 1. The molecule has 0 bridgehead atoms. The second-order valence-corrected chi connectivity index (χ2v) is 4.19. The molecule has 3 N–H and O–H groups in total. The van der Waals surface area contributed by atoms with Gasteiger partial charge in [-0.3, -0.25) is 4.99 Å². The fraction of sp³-hybridized carbons (Fsp3) is 0.462. The Balaban J connectivity index is 0.00000180. The van der Waals surface area contributed by atoms with Crippen LogP contribution in [0.1, 0.15) is 5.56 Å². The lowest BCUT2D eigenvalue weighted by atomic mass is 10.1. The van der Waals surface area contributed by atoms with Crippen molar-refractivity contribution in [2.45, 2.75) is 6.54 Å². The third kappa shape index (κ3) is 4.54. The molecule has 1 aromatic rings. The molecule has 2 rings (SSSR count). The van der Waals surface area contributed by atoms with Crippen molar-refractivity contribution in [2.24, 2.45) is 10.7 Å². The minimum Gasteiger partial charge on any atom is -0.378 e. The summed E-state index contributed by atoms with van der Waals surface area (Å²) in [7, 11) is 1.68. The molecular weight excluding hydrogens is 355 g/mol. The van der Waals surface area contributed by atoms with Crippen LogP contribution in [0, 0.1) is 0 Å². The third-order valence-corrected chi connectivity index (χ3v) is 3.04. The summed E-state index contributed by atoms with van der Waals surface area (Å²) in [5.74, 6) is 0.465. The summed E-state index contributed by atoms with van der Waals surface area (Å²) in [4.78, 5) is 6.24. The van der Waals surface area contributed by atoms with Crippen molar-refractivity contribution in [3.63, 3.8) is 0 Å².